The monoisotopic (exact) mass is 254 g/mol. The molecule has 1 aliphatic rings. The fourth-order valence-electron chi connectivity index (χ4n) is 2.59. The summed E-state index contributed by atoms with van der Waals surface area (Å²) < 4.78 is 0. The lowest BCUT2D eigenvalue weighted by atomic mass is 9.83. The third kappa shape index (κ3) is 6.39. The van der Waals surface area contributed by atoms with Gasteiger partial charge in [0.1, 0.15) is 0 Å². The highest BCUT2D eigenvalue weighted by Gasteiger charge is 2.22. The lowest BCUT2D eigenvalue weighted by Gasteiger charge is -2.27. The fourth-order valence-corrected chi connectivity index (χ4v) is 2.59. The van der Waals surface area contributed by atoms with Gasteiger partial charge in [0.25, 0.3) is 0 Å². The number of amides is 1. The zero-order chi connectivity index (χ0) is 13.6. The smallest absolute Gasteiger partial charge is 0.221 e. The first kappa shape index (κ1) is 15.5. The summed E-state index contributed by atoms with van der Waals surface area (Å²) in [6.45, 7) is 7.33. The fraction of sp³-hybridized carbons (Fsp3) is 0.933. The molecule has 1 saturated carbocycles. The summed E-state index contributed by atoms with van der Waals surface area (Å²) in [5.74, 6) is 0.685. The largest absolute Gasteiger partial charge is 0.356 e. The molecule has 0 saturated heterocycles. The molecule has 1 amide bonds. The van der Waals surface area contributed by atoms with Crippen molar-refractivity contribution in [3.8, 4) is 0 Å². The van der Waals surface area contributed by atoms with E-state index in [9.17, 15) is 4.79 Å². The molecule has 18 heavy (non-hydrogen) atoms. The van der Waals surface area contributed by atoms with E-state index >= 15 is 0 Å². The Balaban J connectivity index is 2.18. The second kappa shape index (κ2) is 7.13. The number of carbonyl (C=O) groups excluding carboxylic acids is 1. The van der Waals surface area contributed by atoms with Crippen molar-refractivity contribution in [2.24, 2.45) is 17.1 Å². The molecule has 1 rings (SSSR count). The van der Waals surface area contributed by atoms with Crippen LogP contribution in [-0.2, 0) is 4.79 Å². The summed E-state index contributed by atoms with van der Waals surface area (Å²) in [4.78, 5) is 11.8. The maximum atomic E-state index is 11.8. The average molecular weight is 254 g/mol. The van der Waals surface area contributed by atoms with Crippen LogP contribution in [0.4, 0.5) is 0 Å². The van der Waals surface area contributed by atoms with Crippen molar-refractivity contribution in [3.63, 3.8) is 0 Å². The van der Waals surface area contributed by atoms with Gasteiger partial charge in [0.15, 0.2) is 0 Å². The summed E-state index contributed by atoms with van der Waals surface area (Å²) in [5.41, 5.74) is 6.42. The lowest BCUT2D eigenvalue weighted by Crippen LogP contribution is -2.38. The highest BCUT2D eigenvalue weighted by molar-refractivity contribution is 5.76. The molecule has 1 unspecified atom stereocenters. The number of nitrogens with one attached hydrogen (secondary N) is 1. The van der Waals surface area contributed by atoms with Crippen molar-refractivity contribution in [2.75, 3.05) is 6.54 Å². The predicted molar refractivity (Wildman–Crippen MR) is 76.2 cm³/mol. The van der Waals surface area contributed by atoms with Crippen LogP contribution in [0.2, 0.25) is 0 Å². The van der Waals surface area contributed by atoms with E-state index in [0.29, 0.717) is 12.3 Å². The number of hydrogen-bond donors (Lipinski definition) is 2. The highest BCUT2D eigenvalue weighted by Crippen LogP contribution is 2.26. The van der Waals surface area contributed by atoms with E-state index in [1.165, 1.54) is 32.1 Å². The molecule has 0 aromatic heterocycles. The van der Waals surface area contributed by atoms with Crippen LogP contribution in [0.1, 0.15) is 65.7 Å². The SMILES string of the molecule is CC(C)(C)CCNC(=O)CC(N)C1CCCCC1. The van der Waals surface area contributed by atoms with Crippen molar-refractivity contribution in [2.45, 2.75) is 71.8 Å². The molecule has 0 spiro atoms. The summed E-state index contributed by atoms with van der Waals surface area (Å²) in [5, 5.41) is 2.99. The number of hydrogen-bond acceptors (Lipinski definition) is 2. The molecule has 0 aromatic carbocycles. The Morgan fingerprint density at radius 3 is 2.44 bits per heavy atom. The van der Waals surface area contributed by atoms with Gasteiger partial charge in [-0.15, -0.1) is 0 Å². The third-order valence-electron chi connectivity index (χ3n) is 3.87. The van der Waals surface area contributed by atoms with Crippen LogP contribution >= 0.6 is 0 Å². The normalized spacial score (nSPS) is 19.6. The first-order valence-corrected chi connectivity index (χ1v) is 7.41. The Bertz CT molecular complexity index is 252. The van der Waals surface area contributed by atoms with Crippen molar-refractivity contribution in [1.29, 1.82) is 0 Å². The highest BCUT2D eigenvalue weighted by atomic mass is 16.1. The van der Waals surface area contributed by atoms with Gasteiger partial charge in [-0.05, 0) is 30.6 Å². The third-order valence-corrected chi connectivity index (χ3v) is 3.87. The molecule has 3 N–H and O–H groups in total. The molecule has 3 nitrogen and oxygen atoms in total. The van der Waals surface area contributed by atoms with Crippen LogP contribution in [0.3, 0.4) is 0 Å². The molecule has 106 valence electrons. The number of rotatable bonds is 5. The lowest BCUT2D eigenvalue weighted by molar-refractivity contribution is -0.121. The van der Waals surface area contributed by atoms with Gasteiger partial charge in [-0.3, -0.25) is 4.79 Å². The first-order chi connectivity index (χ1) is 8.38. The summed E-state index contributed by atoms with van der Waals surface area (Å²) in [6, 6.07) is 0.0555. The molecule has 0 aromatic rings. The second-order valence-electron chi connectivity index (χ2n) is 6.93. The molecule has 0 bridgehead atoms. The van der Waals surface area contributed by atoms with Gasteiger partial charge in [-0.2, -0.15) is 0 Å². The zero-order valence-corrected chi connectivity index (χ0v) is 12.3. The van der Waals surface area contributed by atoms with Gasteiger partial charge in [-0.1, -0.05) is 40.0 Å². The first-order valence-electron chi connectivity index (χ1n) is 7.41. The standard InChI is InChI=1S/C15H30N2O/c1-15(2,3)9-10-17-14(18)11-13(16)12-7-5-4-6-8-12/h12-13H,4-11,16H2,1-3H3,(H,17,18). The van der Waals surface area contributed by atoms with Crippen molar-refractivity contribution in [1.82, 2.24) is 5.32 Å². The van der Waals surface area contributed by atoms with E-state index < -0.39 is 0 Å². The molecule has 0 radical (unpaired) electrons. The Hall–Kier alpha value is -0.570. The summed E-state index contributed by atoms with van der Waals surface area (Å²) >= 11 is 0. The van der Waals surface area contributed by atoms with Crippen LogP contribution in [0.25, 0.3) is 0 Å². The van der Waals surface area contributed by atoms with E-state index in [2.05, 4.69) is 26.1 Å². The maximum Gasteiger partial charge on any atom is 0.221 e. The van der Waals surface area contributed by atoms with Crippen LogP contribution < -0.4 is 11.1 Å². The minimum absolute atomic E-state index is 0.0555. The van der Waals surface area contributed by atoms with E-state index in [0.717, 1.165) is 13.0 Å². The Kier molecular flexibility index (Phi) is 6.13. The molecule has 3 heteroatoms. The molecule has 1 aliphatic carbocycles. The zero-order valence-electron chi connectivity index (χ0n) is 12.3. The van der Waals surface area contributed by atoms with Crippen LogP contribution in [-0.4, -0.2) is 18.5 Å². The Labute approximate surface area is 112 Å². The maximum absolute atomic E-state index is 11.8. The van der Waals surface area contributed by atoms with Crippen molar-refractivity contribution in [3.05, 3.63) is 0 Å². The minimum Gasteiger partial charge on any atom is -0.356 e. The Morgan fingerprint density at radius 2 is 1.89 bits per heavy atom. The quantitative estimate of drug-likeness (QED) is 0.792. The van der Waals surface area contributed by atoms with Gasteiger partial charge >= 0.3 is 0 Å². The van der Waals surface area contributed by atoms with Gasteiger partial charge in [-0.25, -0.2) is 0 Å². The molecular weight excluding hydrogens is 224 g/mol. The minimum atomic E-state index is 0.0555. The van der Waals surface area contributed by atoms with Gasteiger partial charge < -0.3 is 11.1 Å². The molecule has 1 atom stereocenters. The van der Waals surface area contributed by atoms with E-state index in [1.54, 1.807) is 0 Å². The Morgan fingerprint density at radius 1 is 1.28 bits per heavy atom. The number of nitrogens with two attached hydrogens (primary N) is 1. The van der Waals surface area contributed by atoms with Gasteiger partial charge in [0.05, 0.1) is 0 Å². The van der Waals surface area contributed by atoms with Crippen LogP contribution in [0, 0.1) is 11.3 Å². The molecule has 1 fully saturated rings. The van der Waals surface area contributed by atoms with Crippen molar-refractivity contribution >= 4 is 5.91 Å². The average Bonchev–Trinajstić information content (AvgIpc) is 2.28. The number of carbonyl (C=O) groups is 1. The summed E-state index contributed by atoms with van der Waals surface area (Å²) in [7, 11) is 0. The molecular formula is C15H30N2O. The van der Waals surface area contributed by atoms with Crippen LogP contribution in [0.15, 0.2) is 0 Å². The van der Waals surface area contributed by atoms with Gasteiger partial charge in [0, 0.05) is 19.0 Å². The molecule has 0 aliphatic heterocycles. The van der Waals surface area contributed by atoms with Crippen molar-refractivity contribution < 1.29 is 4.79 Å². The second-order valence-corrected chi connectivity index (χ2v) is 6.93. The van der Waals surface area contributed by atoms with E-state index in [4.69, 9.17) is 5.73 Å². The topological polar surface area (TPSA) is 55.1 Å². The molecule has 0 heterocycles. The van der Waals surface area contributed by atoms with Gasteiger partial charge in [0.2, 0.25) is 5.91 Å². The summed E-state index contributed by atoms with van der Waals surface area (Å²) in [6.07, 6.45) is 7.81. The predicted octanol–water partition coefficient (Wildman–Crippen LogP) is 2.84. The van der Waals surface area contributed by atoms with E-state index in [1.807, 2.05) is 0 Å². The van der Waals surface area contributed by atoms with E-state index in [-0.39, 0.29) is 17.4 Å². The van der Waals surface area contributed by atoms with Crippen LogP contribution in [0.5, 0.6) is 0 Å².